The topological polar surface area (TPSA) is 69.6 Å². The first kappa shape index (κ1) is 40.6. The van der Waals surface area contributed by atoms with Crippen molar-refractivity contribution in [2.24, 2.45) is 0 Å². The third-order valence-electron chi connectivity index (χ3n) is 8.10. The molecular weight excluding hydrogens is 518 g/mol. The molecule has 0 saturated carbocycles. The summed E-state index contributed by atoms with van der Waals surface area (Å²) in [5, 5.41) is 22.8. The van der Waals surface area contributed by atoms with Crippen LogP contribution >= 0.6 is 0 Å². The highest BCUT2D eigenvalue weighted by atomic mass is 16.3. The summed E-state index contributed by atoms with van der Waals surface area (Å²) in [6.45, 7) is 4.26. The first-order valence-corrected chi connectivity index (χ1v) is 18.2. The van der Waals surface area contributed by atoms with Crippen LogP contribution in [0.2, 0.25) is 0 Å². The number of hydrogen-bond acceptors (Lipinski definition) is 3. The molecule has 0 radical (unpaired) electrons. The fourth-order valence-corrected chi connectivity index (χ4v) is 5.25. The minimum atomic E-state index is -0.860. The monoisotopic (exact) mass is 590 g/mol. The van der Waals surface area contributed by atoms with E-state index >= 15 is 0 Å². The van der Waals surface area contributed by atoms with Crippen LogP contribution in [0.1, 0.15) is 181 Å². The zero-order chi connectivity index (χ0) is 30.8. The summed E-state index contributed by atoms with van der Waals surface area (Å²) in [7, 11) is 0. The van der Waals surface area contributed by atoms with E-state index in [1.807, 2.05) is 6.08 Å². The Morgan fingerprint density at radius 3 is 1.38 bits per heavy atom. The predicted octanol–water partition coefficient (Wildman–Crippen LogP) is 10.7. The van der Waals surface area contributed by atoms with Gasteiger partial charge in [-0.2, -0.15) is 0 Å². The minimum Gasteiger partial charge on any atom is -0.394 e. The van der Waals surface area contributed by atoms with Gasteiger partial charge in [-0.1, -0.05) is 153 Å². The van der Waals surface area contributed by atoms with Gasteiger partial charge >= 0.3 is 0 Å². The van der Waals surface area contributed by atoms with Crippen LogP contribution in [0, 0.1) is 0 Å². The van der Waals surface area contributed by atoms with Crippen LogP contribution in [0.4, 0.5) is 0 Å². The van der Waals surface area contributed by atoms with Gasteiger partial charge in [0.15, 0.2) is 0 Å². The second-order valence-electron chi connectivity index (χ2n) is 12.3. The van der Waals surface area contributed by atoms with Crippen molar-refractivity contribution in [3.05, 3.63) is 36.5 Å². The Morgan fingerprint density at radius 1 is 0.548 bits per heavy atom. The predicted molar refractivity (Wildman–Crippen MR) is 184 cm³/mol. The summed E-state index contributed by atoms with van der Waals surface area (Å²) in [6.07, 6.45) is 43.7. The lowest BCUT2D eigenvalue weighted by molar-refractivity contribution is -0.123. The van der Waals surface area contributed by atoms with Crippen molar-refractivity contribution in [2.45, 2.75) is 193 Å². The Hall–Kier alpha value is -1.39. The number of rotatable bonds is 32. The average Bonchev–Trinajstić information content (AvgIpc) is 2.99. The number of aliphatic hydroxyl groups excluding tert-OH is 2. The molecule has 0 bridgehead atoms. The van der Waals surface area contributed by atoms with Crippen LogP contribution in [-0.4, -0.2) is 34.9 Å². The molecule has 3 N–H and O–H groups in total. The molecule has 0 fully saturated rings. The Morgan fingerprint density at radius 2 is 0.929 bits per heavy atom. The molecule has 4 heteroatoms. The quantitative estimate of drug-likeness (QED) is 0.0540. The normalized spacial score (nSPS) is 13.5. The van der Waals surface area contributed by atoms with Gasteiger partial charge in [-0.25, -0.2) is 0 Å². The molecule has 0 rings (SSSR count). The lowest BCUT2D eigenvalue weighted by Gasteiger charge is -2.19. The lowest BCUT2D eigenvalue weighted by atomic mass is 10.1. The number of unbranched alkanes of at least 4 members (excludes halogenated alkanes) is 21. The summed E-state index contributed by atoms with van der Waals surface area (Å²) >= 11 is 0. The third kappa shape index (κ3) is 30.1. The van der Waals surface area contributed by atoms with E-state index in [4.69, 9.17) is 0 Å². The Labute approximate surface area is 261 Å². The molecular formula is C38H71NO3. The van der Waals surface area contributed by atoms with Crippen molar-refractivity contribution in [3.63, 3.8) is 0 Å². The van der Waals surface area contributed by atoms with Gasteiger partial charge in [0.1, 0.15) is 0 Å². The molecule has 246 valence electrons. The highest BCUT2D eigenvalue weighted by molar-refractivity contribution is 5.76. The number of amides is 1. The van der Waals surface area contributed by atoms with Gasteiger partial charge < -0.3 is 15.5 Å². The van der Waals surface area contributed by atoms with Crippen LogP contribution in [0.5, 0.6) is 0 Å². The number of carbonyl (C=O) groups is 1. The SMILES string of the molecule is CCCCCCC/C=C/CC/C=C/C(O)C(CO)NC(=O)CCCCCCCCC/C=C\CCCCCCCCCC. The van der Waals surface area contributed by atoms with E-state index in [9.17, 15) is 15.0 Å². The lowest BCUT2D eigenvalue weighted by Crippen LogP contribution is -2.45. The second-order valence-corrected chi connectivity index (χ2v) is 12.3. The van der Waals surface area contributed by atoms with E-state index in [2.05, 4.69) is 43.5 Å². The van der Waals surface area contributed by atoms with Gasteiger partial charge in [0.05, 0.1) is 18.8 Å². The molecule has 2 atom stereocenters. The van der Waals surface area contributed by atoms with Crippen molar-refractivity contribution in [1.29, 1.82) is 0 Å². The molecule has 0 aromatic heterocycles. The Kier molecular flexibility index (Phi) is 33.0. The minimum absolute atomic E-state index is 0.0814. The van der Waals surface area contributed by atoms with Crippen LogP contribution in [0.3, 0.4) is 0 Å². The first-order valence-electron chi connectivity index (χ1n) is 18.2. The van der Waals surface area contributed by atoms with Gasteiger partial charge in [0, 0.05) is 6.42 Å². The third-order valence-corrected chi connectivity index (χ3v) is 8.10. The number of aliphatic hydroxyl groups is 2. The van der Waals surface area contributed by atoms with Crippen LogP contribution in [0.25, 0.3) is 0 Å². The van der Waals surface area contributed by atoms with Crippen molar-refractivity contribution in [2.75, 3.05) is 6.61 Å². The van der Waals surface area contributed by atoms with Crippen LogP contribution in [0.15, 0.2) is 36.5 Å². The van der Waals surface area contributed by atoms with Crippen molar-refractivity contribution < 1.29 is 15.0 Å². The van der Waals surface area contributed by atoms with Gasteiger partial charge in [-0.05, 0) is 57.8 Å². The smallest absolute Gasteiger partial charge is 0.220 e. The summed E-state index contributed by atoms with van der Waals surface area (Å²) in [4.78, 5) is 12.3. The molecule has 4 nitrogen and oxygen atoms in total. The molecule has 0 spiro atoms. The fraction of sp³-hybridized carbons (Fsp3) is 0.816. The molecule has 1 amide bonds. The highest BCUT2D eigenvalue weighted by Crippen LogP contribution is 2.12. The van der Waals surface area contributed by atoms with Gasteiger partial charge in [0.2, 0.25) is 5.91 Å². The molecule has 0 aromatic rings. The fourth-order valence-electron chi connectivity index (χ4n) is 5.25. The number of carbonyl (C=O) groups excluding carboxylic acids is 1. The van der Waals surface area contributed by atoms with Gasteiger partial charge in [0.25, 0.3) is 0 Å². The van der Waals surface area contributed by atoms with Crippen LogP contribution in [-0.2, 0) is 4.79 Å². The summed E-state index contributed by atoms with van der Waals surface area (Å²) in [5.41, 5.74) is 0. The zero-order valence-corrected chi connectivity index (χ0v) is 28.0. The molecule has 42 heavy (non-hydrogen) atoms. The maximum atomic E-state index is 12.3. The van der Waals surface area contributed by atoms with Crippen molar-refractivity contribution in [3.8, 4) is 0 Å². The molecule has 2 unspecified atom stereocenters. The van der Waals surface area contributed by atoms with E-state index in [-0.39, 0.29) is 12.5 Å². The van der Waals surface area contributed by atoms with Crippen molar-refractivity contribution >= 4 is 5.91 Å². The Bertz CT molecular complexity index is 642. The number of nitrogens with one attached hydrogen (secondary N) is 1. The molecule has 0 aliphatic carbocycles. The maximum absolute atomic E-state index is 12.3. The molecule has 0 heterocycles. The number of allylic oxidation sites excluding steroid dienone is 5. The molecule has 0 saturated heterocycles. The number of hydrogen-bond donors (Lipinski definition) is 3. The molecule has 0 aromatic carbocycles. The van der Waals surface area contributed by atoms with Crippen molar-refractivity contribution in [1.82, 2.24) is 5.32 Å². The molecule has 0 aliphatic heterocycles. The standard InChI is InChI=1S/C38H71NO3/c1-3-5-7-9-11-13-15-16-17-18-19-20-21-22-24-26-28-30-32-34-38(42)39-36(35-40)37(41)33-31-29-27-25-23-14-12-10-8-6-4-2/h18-19,23,25,31,33,36-37,40-41H,3-17,20-22,24,26-30,32,34-35H2,1-2H3,(H,39,42)/b19-18-,25-23+,33-31+. The molecule has 0 aliphatic rings. The first-order chi connectivity index (χ1) is 20.7. The summed E-state index contributed by atoms with van der Waals surface area (Å²) < 4.78 is 0. The maximum Gasteiger partial charge on any atom is 0.220 e. The van der Waals surface area contributed by atoms with Crippen LogP contribution < -0.4 is 5.32 Å². The summed E-state index contributed by atoms with van der Waals surface area (Å²) in [6, 6.07) is -0.637. The highest BCUT2D eigenvalue weighted by Gasteiger charge is 2.17. The Balaban J connectivity index is 3.64. The zero-order valence-electron chi connectivity index (χ0n) is 28.0. The largest absolute Gasteiger partial charge is 0.394 e. The summed E-state index contributed by atoms with van der Waals surface area (Å²) in [5.74, 6) is -0.0814. The van der Waals surface area contributed by atoms with Gasteiger partial charge in [-0.3, -0.25) is 4.79 Å². The van der Waals surface area contributed by atoms with E-state index in [1.165, 1.54) is 128 Å². The second kappa shape index (κ2) is 34.1. The van der Waals surface area contributed by atoms with E-state index in [1.54, 1.807) is 6.08 Å². The van der Waals surface area contributed by atoms with E-state index < -0.39 is 12.1 Å². The van der Waals surface area contributed by atoms with E-state index in [0.29, 0.717) is 6.42 Å². The van der Waals surface area contributed by atoms with Gasteiger partial charge in [-0.15, -0.1) is 0 Å². The van der Waals surface area contributed by atoms with E-state index in [0.717, 1.165) is 32.1 Å². The average molecular weight is 590 g/mol.